The molecule has 2 fully saturated rings. The molecule has 0 radical (unpaired) electrons. The molecule has 1 aromatic rings. The van der Waals surface area contributed by atoms with Crippen LogP contribution in [0.25, 0.3) is 0 Å². The molecule has 1 saturated heterocycles. The molecule has 0 bridgehead atoms. The van der Waals surface area contributed by atoms with Crippen LogP contribution in [0.4, 0.5) is 5.82 Å². The number of nitrogens with one attached hydrogen (secondary N) is 1. The molecule has 21 heavy (non-hydrogen) atoms. The van der Waals surface area contributed by atoms with E-state index >= 15 is 0 Å². The van der Waals surface area contributed by atoms with Crippen LogP contribution in [0.5, 0.6) is 0 Å². The lowest BCUT2D eigenvalue weighted by molar-refractivity contribution is 0.100. The number of nitrogens with two attached hydrogens (primary N) is 1. The van der Waals surface area contributed by atoms with E-state index in [4.69, 9.17) is 5.73 Å². The van der Waals surface area contributed by atoms with Gasteiger partial charge in [-0.15, -0.1) is 0 Å². The van der Waals surface area contributed by atoms with Crippen LogP contribution in [0, 0.1) is 5.92 Å². The average molecular weight is 288 g/mol. The van der Waals surface area contributed by atoms with Crippen molar-refractivity contribution in [3.05, 3.63) is 23.9 Å². The summed E-state index contributed by atoms with van der Waals surface area (Å²) >= 11 is 0. The van der Waals surface area contributed by atoms with Crippen LogP contribution in [-0.4, -0.2) is 41.5 Å². The van der Waals surface area contributed by atoms with E-state index in [0.29, 0.717) is 17.3 Å². The fraction of sp³-hybridized carbons (Fsp3) is 0.625. The van der Waals surface area contributed by atoms with Gasteiger partial charge in [-0.1, -0.05) is 12.8 Å². The fourth-order valence-electron chi connectivity index (χ4n) is 3.62. The van der Waals surface area contributed by atoms with Gasteiger partial charge < -0.3 is 16.0 Å². The number of amides is 1. The molecule has 0 unspecified atom stereocenters. The Balaban J connectivity index is 1.53. The Bertz CT molecular complexity index is 499. The number of anilines is 1. The van der Waals surface area contributed by atoms with Crippen molar-refractivity contribution >= 4 is 11.7 Å². The van der Waals surface area contributed by atoms with Crippen molar-refractivity contribution in [3.8, 4) is 0 Å². The summed E-state index contributed by atoms with van der Waals surface area (Å²) in [6.07, 6.45) is 8.43. The zero-order valence-corrected chi connectivity index (χ0v) is 12.4. The third kappa shape index (κ3) is 3.35. The Hall–Kier alpha value is -1.62. The van der Waals surface area contributed by atoms with E-state index in [-0.39, 0.29) is 0 Å². The van der Waals surface area contributed by atoms with Crippen LogP contribution in [0.1, 0.15) is 42.5 Å². The number of pyridine rings is 1. The van der Waals surface area contributed by atoms with Crippen molar-refractivity contribution in [2.24, 2.45) is 11.7 Å². The van der Waals surface area contributed by atoms with E-state index in [2.05, 4.69) is 15.2 Å². The molecule has 1 aliphatic heterocycles. The second-order valence-corrected chi connectivity index (χ2v) is 6.23. The summed E-state index contributed by atoms with van der Waals surface area (Å²) in [6, 6.07) is 4.27. The highest BCUT2D eigenvalue weighted by Gasteiger charge is 2.29. The van der Waals surface area contributed by atoms with Crippen molar-refractivity contribution in [1.29, 1.82) is 0 Å². The molecule has 0 aromatic carbocycles. The maximum Gasteiger partial charge on any atom is 0.252 e. The number of nitrogens with zero attached hydrogens (tertiary/aromatic N) is 2. The van der Waals surface area contributed by atoms with Gasteiger partial charge in [0, 0.05) is 25.3 Å². The molecule has 3 rings (SSSR count). The molecule has 1 aromatic heterocycles. The van der Waals surface area contributed by atoms with Gasteiger partial charge in [0.15, 0.2) is 0 Å². The second kappa shape index (κ2) is 6.43. The summed E-state index contributed by atoms with van der Waals surface area (Å²) < 4.78 is 0. The summed E-state index contributed by atoms with van der Waals surface area (Å²) in [7, 11) is 0. The fourth-order valence-corrected chi connectivity index (χ4v) is 3.62. The van der Waals surface area contributed by atoms with Crippen LogP contribution in [-0.2, 0) is 0 Å². The molecular weight excluding hydrogens is 264 g/mol. The maximum absolute atomic E-state index is 11.4. The van der Waals surface area contributed by atoms with E-state index in [0.717, 1.165) is 19.1 Å². The SMILES string of the molecule is NC(=O)c1cccnc1NC[C@H]1CCN(C2CCCC2)C1. The number of primary amides is 1. The first kappa shape index (κ1) is 14.3. The van der Waals surface area contributed by atoms with E-state index in [1.807, 2.05) is 0 Å². The number of likely N-dealkylation sites (tertiary alicyclic amines) is 1. The van der Waals surface area contributed by atoms with Crippen LogP contribution in [0.2, 0.25) is 0 Å². The third-order valence-electron chi connectivity index (χ3n) is 4.79. The third-order valence-corrected chi connectivity index (χ3v) is 4.79. The molecule has 1 atom stereocenters. The molecule has 1 aliphatic carbocycles. The summed E-state index contributed by atoms with van der Waals surface area (Å²) in [5, 5.41) is 3.31. The maximum atomic E-state index is 11.4. The van der Waals surface area contributed by atoms with Gasteiger partial charge in [0.25, 0.3) is 5.91 Å². The van der Waals surface area contributed by atoms with Gasteiger partial charge in [0.05, 0.1) is 5.56 Å². The Morgan fingerprint density at radius 1 is 1.38 bits per heavy atom. The lowest BCUT2D eigenvalue weighted by Gasteiger charge is -2.23. The zero-order chi connectivity index (χ0) is 14.7. The molecule has 2 heterocycles. The molecule has 3 N–H and O–H groups in total. The van der Waals surface area contributed by atoms with Gasteiger partial charge in [-0.3, -0.25) is 4.79 Å². The summed E-state index contributed by atoms with van der Waals surface area (Å²) in [5.74, 6) is 0.822. The molecule has 5 nitrogen and oxygen atoms in total. The smallest absolute Gasteiger partial charge is 0.252 e. The first-order chi connectivity index (χ1) is 10.2. The molecule has 1 saturated carbocycles. The van der Waals surface area contributed by atoms with E-state index in [1.165, 1.54) is 38.6 Å². The van der Waals surface area contributed by atoms with Crippen LogP contribution in [0.15, 0.2) is 18.3 Å². The standard InChI is InChI=1S/C16H24N4O/c17-15(21)14-6-3-8-18-16(14)19-10-12-7-9-20(11-12)13-4-1-2-5-13/h3,6,8,12-13H,1-2,4-5,7,9-11H2,(H2,17,21)(H,18,19)/t12-/m1/s1. The highest BCUT2D eigenvalue weighted by molar-refractivity contribution is 5.97. The minimum atomic E-state index is -0.426. The number of carbonyl (C=O) groups is 1. The molecule has 0 spiro atoms. The predicted molar refractivity (Wildman–Crippen MR) is 83.2 cm³/mol. The number of hydrogen-bond donors (Lipinski definition) is 2. The minimum absolute atomic E-state index is 0.426. The Morgan fingerprint density at radius 3 is 2.95 bits per heavy atom. The quantitative estimate of drug-likeness (QED) is 0.867. The van der Waals surface area contributed by atoms with Gasteiger partial charge in [0.2, 0.25) is 0 Å². The second-order valence-electron chi connectivity index (χ2n) is 6.23. The number of rotatable bonds is 5. The first-order valence-electron chi connectivity index (χ1n) is 7.97. The van der Waals surface area contributed by atoms with Gasteiger partial charge in [-0.25, -0.2) is 4.98 Å². The van der Waals surface area contributed by atoms with Crippen molar-refractivity contribution in [3.63, 3.8) is 0 Å². The number of aromatic nitrogens is 1. The van der Waals surface area contributed by atoms with Crippen molar-refractivity contribution in [1.82, 2.24) is 9.88 Å². The van der Waals surface area contributed by atoms with Crippen molar-refractivity contribution < 1.29 is 4.79 Å². The largest absolute Gasteiger partial charge is 0.369 e. The van der Waals surface area contributed by atoms with Gasteiger partial charge in [-0.2, -0.15) is 0 Å². The highest BCUT2D eigenvalue weighted by atomic mass is 16.1. The number of hydrogen-bond acceptors (Lipinski definition) is 4. The molecule has 114 valence electrons. The molecule has 1 amide bonds. The monoisotopic (exact) mass is 288 g/mol. The first-order valence-corrected chi connectivity index (χ1v) is 7.97. The van der Waals surface area contributed by atoms with Crippen LogP contribution in [0.3, 0.4) is 0 Å². The highest BCUT2D eigenvalue weighted by Crippen LogP contribution is 2.28. The van der Waals surface area contributed by atoms with Crippen LogP contribution >= 0.6 is 0 Å². The molecular formula is C16H24N4O. The summed E-state index contributed by atoms with van der Waals surface area (Å²) in [6.45, 7) is 3.23. The van der Waals surface area contributed by atoms with Crippen molar-refractivity contribution in [2.75, 3.05) is 25.0 Å². The molecule has 5 heteroatoms. The van der Waals surface area contributed by atoms with E-state index in [1.54, 1.807) is 18.3 Å². The lowest BCUT2D eigenvalue weighted by Crippen LogP contribution is -2.31. The summed E-state index contributed by atoms with van der Waals surface area (Å²) in [4.78, 5) is 18.3. The normalized spacial score (nSPS) is 23.5. The lowest BCUT2D eigenvalue weighted by atomic mass is 10.1. The van der Waals surface area contributed by atoms with Gasteiger partial charge >= 0.3 is 0 Å². The predicted octanol–water partition coefficient (Wildman–Crippen LogP) is 1.86. The Kier molecular flexibility index (Phi) is 4.39. The summed E-state index contributed by atoms with van der Waals surface area (Å²) in [5.41, 5.74) is 5.85. The van der Waals surface area contributed by atoms with Gasteiger partial charge in [0.1, 0.15) is 5.82 Å². The van der Waals surface area contributed by atoms with Gasteiger partial charge in [-0.05, 0) is 43.9 Å². The van der Waals surface area contributed by atoms with Crippen molar-refractivity contribution in [2.45, 2.75) is 38.1 Å². The topological polar surface area (TPSA) is 71.2 Å². The number of carbonyl (C=O) groups excluding carboxylic acids is 1. The molecule has 2 aliphatic rings. The van der Waals surface area contributed by atoms with Crippen LogP contribution < -0.4 is 11.1 Å². The van der Waals surface area contributed by atoms with E-state index < -0.39 is 5.91 Å². The minimum Gasteiger partial charge on any atom is -0.369 e. The average Bonchev–Trinajstić information content (AvgIpc) is 3.16. The zero-order valence-electron chi connectivity index (χ0n) is 12.4. The Morgan fingerprint density at radius 2 is 2.19 bits per heavy atom. The Labute approximate surface area is 125 Å². The van der Waals surface area contributed by atoms with E-state index in [9.17, 15) is 4.79 Å².